The fourth-order valence-corrected chi connectivity index (χ4v) is 3.95. The SMILES string of the molecule is Oc1cc(-n2nccn2)ccc1-c1ccc(N2CC[C@@H](NC3CCOC3)C2)nn1. The highest BCUT2D eigenvalue weighted by molar-refractivity contribution is 5.68. The van der Waals surface area contributed by atoms with Crippen molar-refractivity contribution in [3.8, 4) is 22.7 Å². The Balaban J connectivity index is 1.27. The van der Waals surface area contributed by atoms with Crippen molar-refractivity contribution >= 4 is 5.82 Å². The quantitative estimate of drug-likeness (QED) is 0.671. The van der Waals surface area contributed by atoms with Crippen molar-refractivity contribution < 1.29 is 9.84 Å². The van der Waals surface area contributed by atoms with Crippen LogP contribution in [0.5, 0.6) is 5.75 Å². The van der Waals surface area contributed by atoms with Gasteiger partial charge in [-0.05, 0) is 37.1 Å². The number of aromatic hydroxyl groups is 1. The van der Waals surface area contributed by atoms with Gasteiger partial charge in [-0.1, -0.05) is 0 Å². The molecule has 9 nitrogen and oxygen atoms in total. The first kappa shape index (κ1) is 18.0. The maximum atomic E-state index is 10.4. The molecule has 2 atom stereocenters. The summed E-state index contributed by atoms with van der Waals surface area (Å²) in [4.78, 5) is 3.70. The summed E-state index contributed by atoms with van der Waals surface area (Å²) in [6.07, 6.45) is 5.36. The Hall–Kier alpha value is -3.04. The first-order valence-electron chi connectivity index (χ1n) is 9.89. The number of anilines is 1. The van der Waals surface area contributed by atoms with Crippen molar-refractivity contribution in [1.29, 1.82) is 0 Å². The van der Waals surface area contributed by atoms with Crippen LogP contribution in [0.2, 0.25) is 0 Å². The second kappa shape index (κ2) is 7.76. The molecule has 2 aliphatic heterocycles. The molecule has 2 aliphatic rings. The molecule has 150 valence electrons. The van der Waals surface area contributed by atoms with E-state index in [0.29, 0.717) is 29.0 Å². The van der Waals surface area contributed by atoms with Crippen LogP contribution in [0.15, 0.2) is 42.7 Å². The molecule has 2 aromatic heterocycles. The molecule has 0 saturated carbocycles. The van der Waals surface area contributed by atoms with Crippen LogP contribution in [0, 0.1) is 0 Å². The van der Waals surface area contributed by atoms with Gasteiger partial charge >= 0.3 is 0 Å². The van der Waals surface area contributed by atoms with E-state index in [4.69, 9.17) is 4.74 Å². The van der Waals surface area contributed by atoms with E-state index in [0.717, 1.165) is 45.0 Å². The van der Waals surface area contributed by atoms with Crippen LogP contribution in [0.1, 0.15) is 12.8 Å². The predicted molar refractivity (Wildman–Crippen MR) is 107 cm³/mol. The van der Waals surface area contributed by atoms with Gasteiger partial charge in [-0.25, -0.2) is 0 Å². The molecule has 0 amide bonds. The van der Waals surface area contributed by atoms with Gasteiger partial charge in [0.15, 0.2) is 5.82 Å². The zero-order valence-corrected chi connectivity index (χ0v) is 16.0. The topological polar surface area (TPSA) is 101 Å². The maximum Gasteiger partial charge on any atom is 0.151 e. The molecule has 2 N–H and O–H groups in total. The van der Waals surface area contributed by atoms with Crippen LogP contribution >= 0.6 is 0 Å². The molecule has 2 saturated heterocycles. The molecule has 0 bridgehead atoms. The van der Waals surface area contributed by atoms with E-state index in [1.54, 1.807) is 24.5 Å². The number of phenols is 1. The summed E-state index contributed by atoms with van der Waals surface area (Å²) in [5.74, 6) is 0.976. The van der Waals surface area contributed by atoms with Crippen LogP contribution in [0.25, 0.3) is 16.9 Å². The van der Waals surface area contributed by atoms with E-state index in [1.807, 2.05) is 18.2 Å². The molecule has 1 aromatic carbocycles. The lowest BCUT2D eigenvalue weighted by atomic mass is 10.1. The summed E-state index contributed by atoms with van der Waals surface area (Å²) < 4.78 is 5.44. The minimum Gasteiger partial charge on any atom is -0.507 e. The van der Waals surface area contributed by atoms with Gasteiger partial charge in [0.25, 0.3) is 0 Å². The first-order chi connectivity index (χ1) is 14.3. The normalized spacial score (nSPS) is 21.7. The first-order valence-corrected chi connectivity index (χ1v) is 9.89. The second-order valence-corrected chi connectivity index (χ2v) is 7.46. The van der Waals surface area contributed by atoms with Crippen molar-refractivity contribution in [3.05, 3.63) is 42.7 Å². The van der Waals surface area contributed by atoms with E-state index < -0.39 is 0 Å². The number of rotatable bonds is 5. The maximum absolute atomic E-state index is 10.4. The Morgan fingerprint density at radius 3 is 2.66 bits per heavy atom. The van der Waals surface area contributed by atoms with Gasteiger partial charge in [0.05, 0.1) is 30.4 Å². The van der Waals surface area contributed by atoms with E-state index in [-0.39, 0.29) is 5.75 Å². The Labute approximate surface area is 168 Å². The highest BCUT2D eigenvalue weighted by Gasteiger charge is 2.27. The number of benzene rings is 1. The molecule has 0 spiro atoms. The number of hydrogen-bond donors (Lipinski definition) is 2. The Morgan fingerprint density at radius 1 is 1.03 bits per heavy atom. The number of phenolic OH excluding ortho intramolecular Hbond substituents is 1. The van der Waals surface area contributed by atoms with Crippen molar-refractivity contribution in [2.75, 3.05) is 31.2 Å². The molecule has 1 unspecified atom stereocenters. The molecular weight excluding hydrogens is 370 g/mol. The summed E-state index contributed by atoms with van der Waals surface area (Å²) >= 11 is 0. The third kappa shape index (κ3) is 3.79. The van der Waals surface area contributed by atoms with Gasteiger partial charge in [0, 0.05) is 43.4 Å². The lowest BCUT2D eigenvalue weighted by Crippen LogP contribution is -2.40. The smallest absolute Gasteiger partial charge is 0.151 e. The van der Waals surface area contributed by atoms with Crippen molar-refractivity contribution in [1.82, 2.24) is 30.5 Å². The molecule has 5 rings (SSSR count). The summed E-state index contributed by atoms with van der Waals surface area (Å²) in [5.41, 5.74) is 1.94. The Bertz CT molecular complexity index is 955. The average Bonchev–Trinajstić information content (AvgIpc) is 3.52. The predicted octanol–water partition coefficient (Wildman–Crippen LogP) is 1.39. The summed E-state index contributed by atoms with van der Waals surface area (Å²) in [7, 11) is 0. The Kier molecular flexibility index (Phi) is 4.82. The van der Waals surface area contributed by atoms with Crippen LogP contribution < -0.4 is 10.2 Å². The van der Waals surface area contributed by atoms with Crippen LogP contribution in [0.4, 0.5) is 5.82 Å². The van der Waals surface area contributed by atoms with Crippen LogP contribution in [-0.2, 0) is 4.74 Å². The second-order valence-electron chi connectivity index (χ2n) is 7.46. The average molecular weight is 393 g/mol. The fourth-order valence-electron chi connectivity index (χ4n) is 3.95. The summed E-state index contributed by atoms with van der Waals surface area (Å²) in [5, 5.41) is 31.0. The molecular formula is C20H23N7O2. The number of ether oxygens (including phenoxy) is 1. The van der Waals surface area contributed by atoms with Gasteiger partial charge in [0.1, 0.15) is 5.75 Å². The van der Waals surface area contributed by atoms with Crippen molar-refractivity contribution in [2.45, 2.75) is 24.9 Å². The van der Waals surface area contributed by atoms with E-state index >= 15 is 0 Å². The minimum atomic E-state index is 0.117. The largest absolute Gasteiger partial charge is 0.507 e. The Morgan fingerprint density at radius 2 is 1.93 bits per heavy atom. The molecule has 2 fully saturated rings. The third-order valence-electron chi connectivity index (χ3n) is 5.47. The molecule has 0 radical (unpaired) electrons. The highest BCUT2D eigenvalue weighted by Crippen LogP contribution is 2.30. The fraction of sp³-hybridized carbons (Fsp3) is 0.400. The van der Waals surface area contributed by atoms with E-state index in [1.165, 1.54) is 4.80 Å². The zero-order valence-electron chi connectivity index (χ0n) is 16.0. The van der Waals surface area contributed by atoms with Gasteiger partial charge in [-0.3, -0.25) is 0 Å². The van der Waals surface area contributed by atoms with Crippen molar-refractivity contribution in [3.63, 3.8) is 0 Å². The zero-order chi connectivity index (χ0) is 19.6. The van der Waals surface area contributed by atoms with E-state index in [2.05, 4.69) is 30.6 Å². The van der Waals surface area contributed by atoms with Gasteiger partial charge in [-0.2, -0.15) is 15.0 Å². The molecule has 4 heterocycles. The minimum absolute atomic E-state index is 0.117. The summed E-state index contributed by atoms with van der Waals surface area (Å²) in [6.45, 7) is 3.54. The van der Waals surface area contributed by atoms with Gasteiger partial charge in [-0.15, -0.1) is 10.2 Å². The third-order valence-corrected chi connectivity index (χ3v) is 5.47. The lowest BCUT2D eigenvalue weighted by Gasteiger charge is -2.19. The van der Waals surface area contributed by atoms with Gasteiger partial charge < -0.3 is 20.1 Å². The monoisotopic (exact) mass is 393 g/mol. The molecule has 9 heteroatoms. The summed E-state index contributed by atoms with van der Waals surface area (Å²) in [6, 6.07) is 10.0. The number of nitrogens with zero attached hydrogens (tertiary/aromatic N) is 6. The number of nitrogens with one attached hydrogen (secondary N) is 1. The van der Waals surface area contributed by atoms with Crippen molar-refractivity contribution in [2.24, 2.45) is 0 Å². The van der Waals surface area contributed by atoms with Gasteiger partial charge in [0.2, 0.25) is 0 Å². The molecule has 3 aromatic rings. The molecule has 0 aliphatic carbocycles. The van der Waals surface area contributed by atoms with Crippen LogP contribution in [0.3, 0.4) is 0 Å². The highest BCUT2D eigenvalue weighted by atomic mass is 16.5. The molecule has 29 heavy (non-hydrogen) atoms. The standard InChI is InChI=1S/C20H23N7O2/c28-19-11-16(27-21-7-8-22-27)1-2-17(19)18-3-4-20(25-24-18)26-9-5-14(12-26)23-15-6-10-29-13-15/h1-4,7-8,11,14-15,23,28H,5-6,9-10,12-13H2/t14-,15?/m1/s1. The van der Waals surface area contributed by atoms with Crippen LogP contribution in [-0.4, -0.2) is 68.7 Å². The number of hydrogen-bond acceptors (Lipinski definition) is 8. The van der Waals surface area contributed by atoms with E-state index in [9.17, 15) is 5.11 Å². The lowest BCUT2D eigenvalue weighted by molar-refractivity contribution is 0.188. The number of aromatic nitrogens is 5.